The highest BCUT2D eigenvalue weighted by molar-refractivity contribution is 5.74. The molecule has 0 radical (unpaired) electrons. The second-order valence-electron chi connectivity index (χ2n) is 6.92. The average Bonchev–Trinajstić information content (AvgIpc) is 2.97. The van der Waals surface area contributed by atoms with Crippen molar-refractivity contribution >= 4 is 11.8 Å². The molecule has 0 spiro atoms. The molecular weight excluding hydrogens is 298 g/mol. The summed E-state index contributed by atoms with van der Waals surface area (Å²) >= 11 is 0. The molecule has 1 atom stereocenters. The topological polar surface area (TPSA) is 81.1 Å². The van der Waals surface area contributed by atoms with Crippen molar-refractivity contribution in [2.45, 2.75) is 32.1 Å². The van der Waals surface area contributed by atoms with Crippen LogP contribution in [-0.4, -0.2) is 29.6 Å². The summed E-state index contributed by atoms with van der Waals surface area (Å²) in [4.78, 5) is 11.7. The van der Waals surface area contributed by atoms with E-state index in [0.717, 1.165) is 56.8 Å². The second-order valence-corrected chi connectivity index (χ2v) is 6.92. The van der Waals surface area contributed by atoms with Gasteiger partial charge in [0.1, 0.15) is 5.82 Å². The second kappa shape index (κ2) is 6.40. The number of benzene rings is 1. The molecule has 2 heterocycles. The Morgan fingerprint density at radius 1 is 1.17 bits per heavy atom. The normalized spacial score (nSPS) is 19.7. The maximum absolute atomic E-state index is 6.08. The third kappa shape index (κ3) is 2.73. The van der Waals surface area contributed by atoms with Crippen molar-refractivity contribution in [1.82, 2.24) is 9.97 Å². The van der Waals surface area contributed by atoms with Crippen LogP contribution in [-0.2, 0) is 12.8 Å². The fraction of sp³-hybridized carbons (Fsp3) is 0.474. The van der Waals surface area contributed by atoms with E-state index < -0.39 is 0 Å². The van der Waals surface area contributed by atoms with Crippen LogP contribution in [0.15, 0.2) is 24.3 Å². The first-order valence-corrected chi connectivity index (χ1v) is 8.96. The monoisotopic (exact) mass is 323 g/mol. The zero-order chi connectivity index (χ0) is 16.5. The molecule has 1 unspecified atom stereocenters. The van der Waals surface area contributed by atoms with E-state index in [0.29, 0.717) is 11.9 Å². The van der Waals surface area contributed by atoms with Gasteiger partial charge in [-0.25, -0.2) is 4.98 Å². The highest BCUT2D eigenvalue weighted by Crippen LogP contribution is 2.37. The maximum atomic E-state index is 6.08. The van der Waals surface area contributed by atoms with Crippen molar-refractivity contribution in [3.63, 3.8) is 0 Å². The van der Waals surface area contributed by atoms with E-state index in [4.69, 9.17) is 11.5 Å². The van der Waals surface area contributed by atoms with Gasteiger partial charge >= 0.3 is 0 Å². The molecule has 1 saturated heterocycles. The minimum absolute atomic E-state index is 0.378. The number of aromatic nitrogens is 2. The first kappa shape index (κ1) is 15.4. The zero-order valence-corrected chi connectivity index (χ0v) is 14.0. The van der Waals surface area contributed by atoms with E-state index in [9.17, 15) is 0 Å². The van der Waals surface area contributed by atoms with Crippen LogP contribution in [0.5, 0.6) is 0 Å². The molecule has 1 aromatic heterocycles. The smallest absolute Gasteiger partial charge is 0.222 e. The molecule has 4 rings (SSSR count). The lowest BCUT2D eigenvalue weighted by atomic mass is 10.0. The largest absolute Gasteiger partial charge is 0.368 e. The van der Waals surface area contributed by atoms with Crippen molar-refractivity contribution in [3.05, 3.63) is 35.4 Å². The third-order valence-corrected chi connectivity index (χ3v) is 5.31. The first-order chi connectivity index (χ1) is 11.8. The van der Waals surface area contributed by atoms with Crippen LogP contribution in [0.1, 0.15) is 30.4 Å². The van der Waals surface area contributed by atoms with E-state index in [2.05, 4.69) is 39.1 Å². The molecule has 0 bridgehead atoms. The van der Waals surface area contributed by atoms with Crippen molar-refractivity contribution in [1.29, 1.82) is 0 Å². The maximum Gasteiger partial charge on any atom is 0.222 e. The summed E-state index contributed by atoms with van der Waals surface area (Å²) in [6, 6.07) is 8.55. The van der Waals surface area contributed by atoms with Gasteiger partial charge in [0.25, 0.3) is 0 Å². The van der Waals surface area contributed by atoms with Crippen molar-refractivity contribution in [2.75, 3.05) is 30.3 Å². The molecule has 0 amide bonds. The Hall–Kier alpha value is -2.14. The number of nitrogen functional groups attached to an aromatic ring is 1. The van der Waals surface area contributed by atoms with Gasteiger partial charge in [0.2, 0.25) is 5.95 Å². The minimum Gasteiger partial charge on any atom is -0.368 e. The molecule has 5 heteroatoms. The van der Waals surface area contributed by atoms with Crippen molar-refractivity contribution in [3.8, 4) is 11.3 Å². The lowest BCUT2D eigenvalue weighted by Gasteiger charge is -2.22. The Kier molecular flexibility index (Phi) is 4.10. The Bertz CT molecular complexity index is 743. The highest BCUT2D eigenvalue weighted by Gasteiger charge is 2.28. The van der Waals surface area contributed by atoms with Crippen LogP contribution in [0.4, 0.5) is 11.8 Å². The van der Waals surface area contributed by atoms with Crippen molar-refractivity contribution < 1.29 is 0 Å². The number of rotatable bonds is 3. The molecule has 1 fully saturated rings. The number of anilines is 2. The van der Waals surface area contributed by atoms with Crippen LogP contribution in [0.3, 0.4) is 0 Å². The Balaban J connectivity index is 1.77. The van der Waals surface area contributed by atoms with Gasteiger partial charge in [-0.15, -0.1) is 0 Å². The first-order valence-electron chi connectivity index (χ1n) is 8.96. The van der Waals surface area contributed by atoms with E-state index in [1.54, 1.807) is 0 Å². The van der Waals surface area contributed by atoms with E-state index in [1.807, 2.05) is 0 Å². The SMILES string of the molecule is NCCC1CCN(c2nc(N)nc3c2CCCc2ccccc2-3)C1. The molecule has 24 heavy (non-hydrogen) atoms. The van der Waals surface area contributed by atoms with Crippen molar-refractivity contribution in [2.24, 2.45) is 11.7 Å². The van der Waals surface area contributed by atoms with Gasteiger partial charge in [-0.1, -0.05) is 24.3 Å². The van der Waals surface area contributed by atoms with E-state index in [-0.39, 0.29) is 0 Å². The van der Waals surface area contributed by atoms with Crippen LogP contribution in [0.25, 0.3) is 11.3 Å². The number of nitrogens with two attached hydrogens (primary N) is 2. The summed E-state index contributed by atoms with van der Waals surface area (Å²) in [6.45, 7) is 2.83. The van der Waals surface area contributed by atoms with Gasteiger partial charge in [-0.3, -0.25) is 0 Å². The summed E-state index contributed by atoms with van der Waals surface area (Å²) in [6.07, 6.45) is 5.50. The van der Waals surface area contributed by atoms with Crippen LogP contribution in [0, 0.1) is 5.92 Å². The molecule has 1 aromatic carbocycles. The molecule has 5 nitrogen and oxygen atoms in total. The Morgan fingerprint density at radius 2 is 2.04 bits per heavy atom. The van der Waals surface area contributed by atoms with Crippen LogP contribution < -0.4 is 16.4 Å². The Morgan fingerprint density at radius 3 is 2.92 bits per heavy atom. The summed E-state index contributed by atoms with van der Waals surface area (Å²) in [5.74, 6) is 2.09. The fourth-order valence-corrected chi connectivity index (χ4v) is 4.12. The lowest BCUT2D eigenvalue weighted by molar-refractivity contribution is 0.546. The minimum atomic E-state index is 0.378. The molecule has 126 valence electrons. The highest BCUT2D eigenvalue weighted by atomic mass is 15.2. The summed E-state index contributed by atoms with van der Waals surface area (Å²) < 4.78 is 0. The summed E-state index contributed by atoms with van der Waals surface area (Å²) in [5, 5.41) is 0. The summed E-state index contributed by atoms with van der Waals surface area (Å²) in [5.41, 5.74) is 16.7. The standard InChI is InChI=1S/C19H25N5/c20-10-8-13-9-11-24(12-13)18-16-7-3-5-14-4-1-2-6-15(14)17(16)22-19(21)23-18/h1-2,4,6,13H,3,5,7-12,20H2,(H2,21,22,23). The van der Waals surface area contributed by atoms with Gasteiger partial charge in [-0.05, 0) is 50.1 Å². The van der Waals surface area contributed by atoms with E-state index >= 15 is 0 Å². The molecule has 2 aromatic rings. The number of aryl methyl sites for hydroxylation is 1. The molecule has 1 aliphatic carbocycles. The van der Waals surface area contributed by atoms with Gasteiger partial charge in [0, 0.05) is 24.2 Å². The number of nitrogens with zero attached hydrogens (tertiary/aromatic N) is 3. The van der Waals surface area contributed by atoms with Gasteiger partial charge in [-0.2, -0.15) is 4.98 Å². The third-order valence-electron chi connectivity index (χ3n) is 5.31. The number of fused-ring (bicyclic) bond motifs is 3. The van der Waals surface area contributed by atoms with Gasteiger partial charge in [0.15, 0.2) is 0 Å². The van der Waals surface area contributed by atoms with Gasteiger partial charge in [0.05, 0.1) is 5.69 Å². The number of hydrogen-bond donors (Lipinski definition) is 2. The summed E-state index contributed by atoms with van der Waals surface area (Å²) in [7, 11) is 0. The molecule has 4 N–H and O–H groups in total. The fourth-order valence-electron chi connectivity index (χ4n) is 4.12. The molecule has 1 aliphatic heterocycles. The molecular formula is C19H25N5. The average molecular weight is 323 g/mol. The predicted molar refractivity (Wildman–Crippen MR) is 97.9 cm³/mol. The number of hydrogen-bond acceptors (Lipinski definition) is 5. The Labute approximate surface area is 143 Å². The van der Waals surface area contributed by atoms with Crippen LogP contribution in [0.2, 0.25) is 0 Å². The quantitative estimate of drug-likeness (QED) is 0.906. The van der Waals surface area contributed by atoms with Gasteiger partial charge < -0.3 is 16.4 Å². The van der Waals surface area contributed by atoms with E-state index in [1.165, 1.54) is 23.1 Å². The predicted octanol–water partition coefficient (Wildman–Crippen LogP) is 2.39. The lowest BCUT2D eigenvalue weighted by Crippen LogP contribution is -2.24. The zero-order valence-electron chi connectivity index (χ0n) is 14.0. The molecule has 2 aliphatic rings. The van der Waals surface area contributed by atoms with Crippen LogP contribution >= 0.6 is 0 Å². The molecule has 0 saturated carbocycles.